The third-order valence-electron chi connectivity index (χ3n) is 3.92. The molecule has 1 amide bonds. The summed E-state index contributed by atoms with van der Waals surface area (Å²) in [7, 11) is -3.81. The predicted molar refractivity (Wildman–Crippen MR) is 86.7 cm³/mol. The van der Waals surface area contributed by atoms with Crippen molar-refractivity contribution >= 4 is 21.6 Å². The number of anilines is 1. The quantitative estimate of drug-likeness (QED) is 0.574. The van der Waals surface area contributed by atoms with Gasteiger partial charge in [0.15, 0.2) is 0 Å². The van der Waals surface area contributed by atoms with Crippen LogP contribution in [0, 0.1) is 5.92 Å². The Labute approximate surface area is 134 Å². The van der Waals surface area contributed by atoms with Crippen molar-refractivity contribution in [3.63, 3.8) is 0 Å². The van der Waals surface area contributed by atoms with Crippen LogP contribution < -0.4 is 16.0 Å². The van der Waals surface area contributed by atoms with Crippen molar-refractivity contribution < 1.29 is 13.2 Å². The van der Waals surface area contributed by atoms with Crippen molar-refractivity contribution in [3.8, 4) is 0 Å². The molecule has 0 atom stereocenters. The first-order valence-electron chi connectivity index (χ1n) is 7.20. The standard InChI is InChI=1S/C16H17N3O3S/c17-14-5-7-15(8-6-14)23(21,22)19-18-16(20)13-9-11-3-1-2-4-12(11)10-13/h1-8,13,19H,9-10,17H2,(H,18,20). The number of carbonyl (C=O) groups excluding carboxylic acids is 1. The maximum absolute atomic E-state index is 12.2. The van der Waals surface area contributed by atoms with E-state index in [0.717, 1.165) is 11.1 Å². The number of benzene rings is 2. The third kappa shape index (κ3) is 3.35. The highest BCUT2D eigenvalue weighted by Crippen LogP contribution is 2.26. The second kappa shape index (κ2) is 6.02. The lowest BCUT2D eigenvalue weighted by atomic mass is 10.1. The molecule has 0 saturated carbocycles. The van der Waals surface area contributed by atoms with Crippen LogP contribution in [0.2, 0.25) is 0 Å². The summed E-state index contributed by atoms with van der Waals surface area (Å²) in [6, 6.07) is 13.6. The van der Waals surface area contributed by atoms with Crippen LogP contribution in [0.15, 0.2) is 53.4 Å². The first kappa shape index (κ1) is 15.5. The van der Waals surface area contributed by atoms with Crippen LogP contribution in [0.1, 0.15) is 11.1 Å². The molecule has 120 valence electrons. The smallest absolute Gasteiger partial charge is 0.257 e. The Bertz CT molecular complexity index is 807. The molecule has 7 heteroatoms. The van der Waals surface area contributed by atoms with Gasteiger partial charge in [-0.15, -0.1) is 4.83 Å². The first-order chi connectivity index (χ1) is 11.0. The fourth-order valence-corrected chi connectivity index (χ4v) is 3.52. The summed E-state index contributed by atoms with van der Waals surface area (Å²) in [5.74, 6) is -0.596. The number of nitrogen functional groups attached to an aromatic ring is 1. The lowest BCUT2D eigenvalue weighted by molar-refractivity contribution is -0.125. The summed E-state index contributed by atoms with van der Waals surface area (Å²) < 4.78 is 24.2. The SMILES string of the molecule is Nc1ccc(S(=O)(=O)NNC(=O)C2Cc3ccccc3C2)cc1. The molecule has 0 aromatic heterocycles. The molecule has 6 nitrogen and oxygen atoms in total. The van der Waals surface area contributed by atoms with Crippen LogP contribution in [-0.2, 0) is 27.7 Å². The topological polar surface area (TPSA) is 101 Å². The molecule has 2 aromatic carbocycles. The summed E-state index contributed by atoms with van der Waals surface area (Å²) in [6.45, 7) is 0. The normalized spacial score (nSPS) is 14.4. The van der Waals surface area contributed by atoms with Crippen molar-refractivity contribution in [2.24, 2.45) is 5.92 Å². The predicted octanol–water partition coefficient (Wildman–Crippen LogP) is 0.993. The second-order valence-corrected chi connectivity index (χ2v) is 7.22. The molecule has 0 fully saturated rings. The largest absolute Gasteiger partial charge is 0.399 e. The molecule has 0 radical (unpaired) electrons. The lowest BCUT2D eigenvalue weighted by Crippen LogP contribution is -2.44. The van der Waals surface area contributed by atoms with E-state index in [1.165, 1.54) is 24.3 Å². The molecular weight excluding hydrogens is 314 g/mol. The summed E-state index contributed by atoms with van der Waals surface area (Å²) in [4.78, 5) is 14.4. The molecule has 0 aliphatic heterocycles. The van der Waals surface area contributed by atoms with Crippen LogP contribution in [0.4, 0.5) is 5.69 Å². The van der Waals surface area contributed by atoms with Crippen LogP contribution in [0.25, 0.3) is 0 Å². The van der Waals surface area contributed by atoms with Crippen molar-refractivity contribution in [1.82, 2.24) is 10.3 Å². The zero-order chi connectivity index (χ0) is 16.4. The number of amides is 1. The molecule has 0 heterocycles. The number of rotatable bonds is 4. The summed E-state index contributed by atoms with van der Waals surface area (Å²) in [5, 5.41) is 0. The van der Waals surface area contributed by atoms with Crippen molar-refractivity contribution in [2.75, 3.05) is 5.73 Å². The molecule has 0 unspecified atom stereocenters. The van der Waals surface area contributed by atoms with E-state index in [2.05, 4.69) is 10.3 Å². The van der Waals surface area contributed by atoms with Gasteiger partial charge in [0.1, 0.15) is 0 Å². The van der Waals surface area contributed by atoms with Gasteiger partial charge in [0, 0.05) is 11.6 Å². The average molecular weight is 331 g/mol. The Morgan fingerprint density at radius 1 is 1.00 bits per heavy atom. The van der Waals surface area contributed by atoms with Gasteiger partial charge in [-0.2, -0.15) is 0 Å². The van der Waals surface area contributed by atoms with Gasteiger partial charge in [0.05, 0.1) is 4.90 Å². The van der Waals surface area contributed by atoms with Crippen LogP contribution in [0.5, 0.6) is 0 Å². The fraction of sp³-hybridized carbons (Fsp3) is 0.188. The van der Waals surface area contributed by atoms with E-state index in [1.807, 2.05) is 24.3 Å². The Morgan fingerprint density at radius 2 is 1.57 bits per heavy atom. The molecule has 23 heavy (non-hydrogen) atoms. The number of sulfonamides is 1. The zero-order valence-corrected chi connectivity index (χ0v) is 13.1. The number of nitrogens with one attached hydrogen (secondary N) is 2. The Balaban J connectivity index is 1.62. The van der Waals surface area contributed by atoms with Crippen molar-refractivity contribution in [2.45, 2.75) is 17.7 Å². The van der Waals surface area contributed by atoms with E-state index in [4.69, 9.17) is 5.73 Å². The highest BCUT2D eigenvalue weighted by Gasteiger charge is 2.27. The number of carbonyl (C=O) groups is 1. The summed E-state index contributed by atoms with van der Waals surface area (Å²) in [5.41, 5.74) is 10.6. The number of nitrogens with two attached hydrogens (primary N) is 1. The molecule has 0 spiro atoms. The van der Waals surface area contributed by atoms with E-state index in [-0.39, 0.29) is 16.7 Å². The molecule has 1 aliphatic carbocycles. The minimum atomic E-state index is -3.81. The van der Waals surface area contributed by atoms with E-state index in [1.54, 1.807) is 0 Å². The van der Waals surface area contributed by atoms with E-state index in [9.17, 15) is 13.2 Å². The van der Waals surface area contributed by atoms with E-state index >= 15 is 0 Å². The second-order valence-electron chi connectivity index (χ2n) is 5.54. The van der Waals surface area contributed by atoms with E-state index in [0.29, 0.717) is 18.5 Å². The zero-order valence-electron chi connectivity index (χ0n) is 12.3. The molecule has 0 saturated heterocycles. The van der Waals surface area contributed by atoms with Crippen LogP contribution in [-0.4, -0.2) is 14.3 Å². The summed E-state index contributed by atoms with van der Waals surface area (Å²) in [6.07, 6.45) is 1.23. The number of fused-ring (bicyclic) bond motifs is 1. The molecular formula is C16H17N3O3S. The van der Waals surface area contributed by atoms with Gasteiger partial charge in [-0.05, 0) is 48.2 Å². The average Bonchev–Trinajstić information content (AvgIpc) is 2.97. The van der Waals surface area contributed by atoms with Crippen molar-refractivity contribution in [1.29, 1.82) is 0 Å². The van der Waals surface area contributed by atoms with Gasteiger partial charge in [-0.1, -0.05) is 24.3 Å². The minimum absolute atomic E-state index is 0.0432. The van der Waals surface area contributed by atoms with E-state index < -0.39 is 10.0 Å². The van der Waals surface area contributed by atoms with Gasteiger partial charge in [-0.25, -0.2) is 8.42 Å². The third-order valence-corrected chi connectivity index (χ3v) is 5.18. The van der Waals surface area contributed by atoms with Crippen molar-refractivity contribution in [3.05, 3.63) is 59.7 Å². The highest BCUT2D eigenvalue weighted by molar-refractivity contribution is 7.89. The van der Waals surface area contributed by atoms with Gasteiger partial charge in [0.25, 0.3) is 10.0 Å². The maximum atomic E-state index is 12.2. The Hall–Kier alpha value is -2.38. The first-order valence-corrected chi connectivity index (χ1v) is 8.68. The molecule has 4 N–H and O–H groups in total. The highest BCUT2D eigenvalue weighted by atomic mass is 32.2. The van der Waals surface area contributed by atoms with Gasteiger partial charge in [-0.3, -0.25) is 10.2 Å². The van der Waals surface area contributed by atoms with Gasteiger partial charge >= 0.3 is 0 Å². The monoisotopic (exact) mass is 331 g/mol. The van der Waals surface area contributed by atoms with Gasteiger partial charge in [0.2, 0.25) is 5.91 Å². The molecule has 3 rings (SSSR count). The Morgan fingerprint density at radius 3 is 2.13 bits per heavy atom. The van der Waals surface area contributed by atoms with Crippen LogP contribution >= 0.6 is 0 Å². The molecule has 2 aromatic rings. The fourth-order valence-electron chi connectivity index (χ4n) is 2.67. The number of hydrogen-bond acceptors (Lipinski definition) is 4. The lowest BCUT2D eigenvalue weighted by Gasteiger charge is -2.12. The number of hydrogen-bond donors (Lipinski definition) is 3. The minimum Gasteiger partial charge on any atom is -0.399 e. The molecule has 0 bridgehead atoms. The Kier molecular flexibility index (Phi) is 4.06. The van der Waals surface area contributed by atoms with Gasteiger partial charge < -0.3 is 5.73 Å². The molecule has 1 aliphatic rings. The van der Waals surface area contributed by atoms with Crippen LogP contribution in [0.3, 0.4) is 0 Å². The number of hydrazine groups is 1. The maximum Gasteiger partial charge on any atom is 0.257 e. The summed E-state index contributed by atoms with van der Waals surface area (Å²) >= 11 is 0.